The molecule has 0 spiro atoms. The van der Waals surface area contributed by atoms with E-state index in [0.29, 0.717) is 13.0 Å². The van der Waals surface area contributed by atoms with Crippen LogP contribution in [0.2, 0.25) is 0 Å². The van der Waals surface area contributed by atoms with E-state index in [1.807, 2.05) is 13.8 Å². The van der Waals surface area contributed by atoms with E-state index in [2.05, 4.69) is 10.6 Å². The highest BCUT2D eigenvalue weighted by Gasteiger charge is 2.33. The van der Waals surface area contributed by atoms with Gasteiger partial charge in [0.2, 0.25) is 17.7 Å². The molecule has 0 aromatic carbocycles. The van der Waals surface area contributed by atoms with E-state index in [1.54, 1.807) is 7.05 Å². The van der Waals surface area contributed by atoms with Gasteiger partial charge in [-0.05, 0) is 18.8 Å². The van der Waals surface area contributed by atoms with Crippen molar-refractivity contribution in [2.75, 3.05) is 20.1 Å². The normalized spacial score (nSPS) is 20.8. The minimum atomic E-state index is -0.615. The maximum atomic E-state index is 12.1. The molecular weight excluding hydrogens is 272 g/mol. The van der Waals surface area contributed by atoms with Crippen molar-refractivity contribution in [3.8, 4) is 0 Å². The average molecular weight is 298 g/mol. The molecule has 1 saturated heterocycles. The Labute approximate surface area is 125 Å². The molecule has 1 aliphatic rings. The fourth-order valence-corrected chi connectivity index (χ4v) is 2.40. The van der Waals surface area contributed by atoms with Crippen molar-refractivity contribution >= 4 is 17.7 Å². The number of rotatable bonds is 6. The summed E-state index contributed by atoms with van der Waals surface area (Å²) >= 11 is 0. The predicted octanol–water partition coefficient (Wildman–Crippen LogP) is -0.787. The van der Waals surface area contributed by atoms with Crippen LogP contribution in [0, 0.1) is 5.92 Å². The lowest BCUT2D eigenvalue weighted by Gasteiger charge is -2.24. The third-order valence-electron chi connectivity index (χ3n) is 4.10. The number of carbonyl (C=O) groups excluding carboxylic acids is 3. The third-order valence-corrected chi connectivity index (χ3v) is 4.10. The second-order valence-corrected chi connectivity index (χ2v) is 5.49. The number of likely N-dealkylation sites (tertiary alicyclic amines) is 1. The van der Waals surface area contributed by atoms with Gasteiger partial charge in [0, 0.05) is 13.6 Å². The van der Waals surface area contributed by atoms with E-state index >= 15 is 0 Å². The molecule has 0 unspecified atom stereocenters. The summed E-state index contributed by atoms with van der Waals surface area (Å²) in [5, 5.41) is 5.12. The zero-order chi connectivity index (χ0) is 16.0. The Hall–Kier alpha value is -1.63. The summed E-state index contributed by atoms with van der Waals surface area (Å²) in [6.07, 6.45) is 2.25. The van der Waals surface area contributed by atoms with Crippen molar-refractivity contribution in [2.24, 2.45) is 11.7 Å². The number of nitrogens with two attached hydrogens (primary N) is 1. The van der Waals surface area contributed by atoms with Crippen molar-refractivity contribution in [1.82, 2.24) is 15.5 Å². The summed E-state index contributed by atoms with van der Waals surface area (Å²) in [7, 11) is 1.55. The largest absolute Gasteiger partial charge is 0.357 e. The molecular formula is C14H26N4O3. The lowest BCUT2D eigenvalue weighted by Crippen LogP contribution is -2.51. The summed E-state index contributed by atoms with van der Waals surface area (Å²) in [6, 6.07) is -1.04. The zero-order valence-corrected chi connectivity index (χ0v) is 13.0. The van der Waals surface area contributed by atoms with Crippen LogP contribution < -0.4 is 16.4 Å². The fraction of sp³-hybridized carbons (Fsp3) is 0.786. The summed E-state index contributed by atoms with van der Waals surface area (Å²) < 4.78 is 0. The number of amides is 3. The lowest BCUT2D eigenvalue weighted by atomic mass is 9.99. The van der Waals surface area contributed by atoms with Gasteiger partial charge in [-0.1, -0.05) is 20.3 Å². The molecule has 1 heterocycles. The second-order valence-electron chi connectivity index (χ2n) is 5.49. The van der Waals surface area contributed by atoms with Crippen molar-refractivity contribution in [3.05, 3.63) is 0 Å². The van der Waals surface area contributed by atoms with Crippen LogP contribution in [0.25, 0.3) is 0 Å². The van der Waals surface area contributed by atoms with E-state index in [-0.39, 0.29) is 30.2 Å². The fourth-order valence-electron chi connectivity index (χ4n) is 2.40. The van der Waals surface area contributed by atoms with Crippen LogP contribution in [0.15, 0.2) is 0 Å². The number of carbonyl (C=O) groups is 3. The molecule has 0 aliphatic carbocycles. The predicted molar refractivity (Wildman–Crippen MR) is 79.2 cm³/mol. The summed E-state index contributed by atoms with van der Waals surface area (Å²) in [6.45, 7) is 4.29. The number of likely N-dealkylation sites (N-methyl/N-ethyl adjacent to an activating group) is 1. The molecule has 0 saturated carbocycles. The molecule has 1 aliphatic heterocycles. The standard InChI is InChI=1S/C14H26N4O3/c1-4-9(2)12(15)14(21)17-8-11(19)18-7-5-6-10(18)13(20)16-3/h9-10,12H,4-8,15H2,1-3H3,(H,16,20)(H,17,21)/t9-,10-,12-/m0/s1. The van der Waals surface area contributed by atoms with Crippen LogP contribution in [0.1, 0.15) is 33.1 Å². The van der Waals surface area contributed by atoms with Gasteiger partial charge in [-0.3, -0.25) is 14.4 Å². The Morgan fingerprint density at radius 2 is 2.05 bits per heavy atom. The first-order chi connectivity index (χ1) is 9.92. The molecule has 0 aromatic rings. The first-order valence-corrected chi connectivity index (χ1v) is 7.46. The van der Waals surface area contributed by atoms with Gasteiger partial charge in [0.05, 0.1) is 12.6 Å². The van der Waals surface area contributed by atoms with Crippen LogP contribution in [-0.2, 0) is 14.4 Å². The highest BCUT2D eigenvalue weighted by atomic mass is 16.2. The SMILES string of the molecule is CC[C@H](C)[C@H](N)C(=O)NCC(=O)N1CCC[C@H]1C(=O)NC. The van der Waals surface area contributed by atoms with Crippen LogP contribution in [-0.4, -0.2) is 54.8 Å². The van der Waals surface area contributed by atoms with Crippen LogP contribution >= 0.6 is 0 Å². The van der Waals surface area contributed by atoms with E-state index in [4.69, 9.17) is 5.73 Å². The quantitative estimate of drug-likeness (QED) is 0.598. The van der Waals surface area contributed by atoms with E-state index < -0.39 is 12.1 Å². The summed E-state index contributed by atoms with van der Waals surface area (Å²) in [4.78, 5) is 37.2. The number of hydrogen-bond donors (Lipinski definition) is 3. The Kier molecular flexibility index (Phi) is 6.61. The minimum Gasteiger partial charge on any atom is -0.357 e. The smallest absolute Gasteiger partial charge is 0.242 e. The molecule has 1 rings (SSSR count). The van der Waals surface area contributed by atoms with Gasteiger partial charge in [-0.15, -0.1) is 0 Å². The maximum Gasteiger partial charge on any atom is 0.242 e. The van der Waals surface area contributed by atoms with Gasteiger partial charge in [0.25, 0.3) is 0 Å². The Morgan fingerprint density at radius 1 is 1.38 bits per heavy atom. The highest BCUT2D eigenvalue weighted by Crippen LogP contribution is 2.17. The van der Waals surface area contributed by atoms with E-state index in [0.717, 1.165) is 12.8 Å². The second kappa shape index (κ2) is 7.97. The minimum absolute atomic E-state index is 0.0607. The van der Waals surface area contributed by atoms with Crippen LogP contribution in [0.5, 0.6) is 0 Å². The topological polar surface area (TPSA) is 105 Å². The zero-order valence-electron chi connectivity index (χ0n) is 13.0. The summed E-state index contributed by atoms with van der Waals surface area (Å²) in [5.74, 6) is -0.673. The molecule has 0 bridgehead atoms. The van der Waals surface area contributed by atoms with Crippen molar-refractivity contribution in [3.63, 3.8) is 0 Å². The van der Waals surface area contributed by atoms with Gasteiger partial charge in [0.15, 0.2) is 0 Å². The Morgan fingerprint density at radius 3 is 2.62 bits per heavy atom. The molecule has 3 amide bonds. The van der Waals surface area contributed by atoms with Crippen molar-refractivity contribution in [2.45, 2.75) is 45.2 Å². The molecule has 7 nitrogen and oxygen atoms in total. The average Bonchev–Trinajstić information content (AvgIpc) is 2.99. The van der Waals surface area contributed by atoms with Crippen molar-refractivity contribution in [1.29, 1.82) is 0 Å². The molecule has 21 heavy (non-hydrogen) atoms. The van der Waals surface area contributed by atoms with Gasteiger partial charge in [-0.25, -0.2) is 0 Å². The Balaban J connectivity index is 2.50. The maximum absolute atomic E-state index is 12.1. The first kappa shape index (κ1) is 17.4. The third kappa shape index (κ3) is 4.42. The van der Waals surface area contributed by atoms with Crippen molar-refractivity contribution < 1.29 is 14.4 Å². The monoisotopic (exact) mass is 298 g/mol. The molecule has 0 radical (unpaired) electrons. The van der Waals surface area contributed by atoms with Gasteiger partial charge in [0.1, 0.15) is 6.04 Å². The molecule has 1 fully saturated rings. The van der Waals surface area contributed by atoms with Gasteiger partial charge in [-0.2, -0.15) is 0 Å². The highest BCUT2D eigenvalue weighted by molar-refractivity contribution is 5.91. The van der Waals surface area contributed by atoms with Crippen LogP contribution in [0.4, 0.5) is 0 Å². The number of nitrogens with one attached hydrogen (secondary N) is 2. The van der Waals surface area contributed by atoms with Gasteiger partial charge < -0.3 is 21.3 Å². The molecule has 7 heteroatoms. The number of hydrogen-bond acceptors (Lipinski definition) is 4. The molecule has 4 N–H and O–H groups in total. The van der Waals surface area contributed by atoms with Gasteiger partial charge >= 0.3 is 0 Å². The number of nitrogens with zero attached hydrogens (tertiary/aromatic N) is 1. The lowest BCUT2D eigenvalue weighted by molar-refractivity contribution is -0.138. The molecule has 3 atom stereocenters. The van der Waals surface area contributed by atoms with E-state index in [1.165, 1.54) is 4.90 Å². The summed E-state index contributed by atoms with van der Waals surface area (Å²) in [5.41, 5.74) is 5.81. The Bertz CT molecular complexity index is 400. The first-order valence-electron chi connectivity index (χ1n) is 7.46. The molecule has 120 valence electrons. The van der Waals surface area contributed by atoms with Crippen LogP contribution in [0.3, 0.4) is 0 Å². The van der Waals surface area contributed by atoms with E-state index in [9.17, 15) is 14.4 Å². The molecule has 0 aromatic heterocycles.